The van der Waals surface area contributed by atoms with Crippen LogP contribution in [0.5, 0.6) is 5.75 Å². The summed E-state index contributed by atoms with van der Waals surface area (Å²) in [6.45, 7) is -0.641. The Kier molecular flexibility index (Phi) is 7.20. The SMILES string of the molecule is C[C@H](C(=O)Nc1ccc(Cl)cc1Cl)N(C)Cc1ccc(OC(F)F)cc1. The largest absolute Gasteiger partial charge is 0.435 e. The Morgan fingerprint density at radius 3 is 2.42 bits per heavy atom. The molecule has 0 bridgehead atoms. The standard InChI is InChI=1S/C18H18Cl2F2N2O2/c1-11(17(25)23-16-8-5-13(19)9-15(16)20)24(2)10-12-3-6-14(7-4-12)26-18(21)22/h3-9,11,18H,10H2,1-2H3,(H,23,25)/t11-/m1/s1. The number of nitrogens with one attached hydrogen (secondary N) is 1. The lowest BCUT2D eigenvalue weighted by Crippen LogP contribution is -2.39. The molecule has 8 heteroatoms. The first-order chi connectivity index (χ1) is 12.3. The molecular formula is C18H18Cl2F2N2O2. The molecule has 2 aromatic carbocycles. The summed E-state index contributed by atoms with van der Waals surface area (Å²) in [5.41, 5.74) is 1.34. The Labute approximate surface area is 160 Å². The van der Waals surface area contributed by atoms with Crippen molar-refractivity contribution in [2.75, 3.05) is 12.4 Å². The molecule has 2 rings (SSSR count). The number of ether oxygens (including phenoxy) is 1. The fourth-order valence-electron chi connectivity index (χ4n) is 2.23. The van der Waals surface area contributed by atoms with Crippen LogP contribution >= 0.6 is 23.2 Å². The van der Waals surface area contributed by atoms with E-state index in [0.717, 1.165) is 5.56 Å². The summed E-state index contributed by atoms with van der Waals surface area (Å²) in [7, 11) is 1.79. The van der Waals surface area contributed by atoms with E-state index in [1.54, 1.807) is 44.3 Å². The summed E-state index contributed by atoms with van der Waals surface area (Å²) in [5, 5.41) is 3.60. The molecule has 26 heavy (non-hydrogen) atoms. The lowest BCUT2D eigenvalue weighted by atomic mass is 10.1. The molecule has 0 spiro atoms. The average molecular weight is 403 g/mol. The molecule has 4 nitrogen and oxygen atoms in total. The molecule has 0 aliphatic rings. The molecule has 0 radical (unpaired) electrons. The topological polar surface area (TPSA) is 41.6 Å². The van der Waals surface area contributed by atoms with Crippen molar-refractivity contribution in [2.45, 2.75) is 26.1 Å². The number of amides is 1. The quantitative estimate of drug-likeness (QED) is 0.703. The van der Waals surface area contributed by atoms with Crippen LogP contribution in [0.1, 0.15) is 12.5 Å². The van der Waals surface area contributed by atoms with Crippen LogP contribution in [0.2, 0.25) is 10.0 Å². The third-order valence-electron chi connectivity index (χ3n) is 3.81. The molecule has 1 atom stereocenters. The second kappa shape index (κ2) is 9.16. The van der Waals surface area contributed by atoms with Gasteiger partial charge in [0, 0.05) is 11.6 Å². The molecule has 0 unspecified atom stereocenters. The van der Waals surface area contributed by atoms with E-state index >= 15 is 0 Å². The monoisotopic (exact) mass is 402 g/mol. The van der Waals surface area contributed by atoms with Crippen LogP contribution in [-0.4, -0.2) is 30.5 Å². The summed E-state index contributed by atoms with van der Waals surface area (Å²) in [6, 6.07) is 10.7. The average Bonchev–Trinajstić information content (AvgIpc) is 2.57. The lowest BCUT2D eigenvalue weighted by Gasteiger charge is -2.24. The third-order valence-corrected chi connectivity index (χ3v) is 4.36. The van der Waals surface area contributed by atoms with E-state index in [1.807, 2.05) is 4.90 Å². The minimum atomic E-state index is -2.85. The summed E-state index contributed by atoms with van der Waals surface area (Å²) < 4.78 is 28.6. The number of benzene rings is 2. The van der Waals surface area contributed by atoms with Gasteiger partial charge < -0.3 is 10.1 Å². The van der Waals surface area contributed by atoms with E-state index in [1.165, 1.54) is 12.1 Å². The highest BCUT2D eigenvalue weighted by atomic mass is 35.5. The van der Waals surface area contributed by atoms with Crippen molar-refractivity contribution in [3.8, 4) is 5.75 Å². The first kappa shape index (κ1) is 20.4. The number of halogens is 4. The summed E-state index contributed by atoms with van der Waals surface area (Å²) in [5.74, 6) is -0.135. The first-order valence-electron chi connectivity index (χ1n) is 7.76. The number of nitrogens with zero attached hydrogens (tertiary/aromatic N) is 1. The van der Waals surface area contributed by atoms with Gasteiger partial charge in [0.15, 0.2) is 0 Å². The van der Waals surface area contributed by atoms with Crippen LogP contribution < -0.4 is 10.1 Å². The fourth-order valence-corrected chi connectivity index (χ4v) is 2.69. The summed E-state index contributed by atoms with van der Waals surface area (Å²) in [6.07, 6.45) is 0. The predicted octanol–water partition coefficient (Wildman–Crippen LogP) is 5.05. The van der Waals surface area contributed by atoms with Gasteiger partial charge in [0.05, 0.1) is 16.8 Å². The smallest absolute Gasteiger partial charge is 0.387 e. The number of carbonyl (C=O) groups is 1. The van der Waals surface area contributed by atoms with E-state index in [0.29, 0.717) is 22.3 Å². The molecule has 0 aliphatic heterocycles. The highest BCUT2D eigenvalue weighted by molar-refractivity contribution is 6.36. The van der Waals surface area contributed by atoms with Crippen molar-refractivity contribution in [1.82, 2.24) is 4.90 Å². The van der Waals surface area contributed by atoms with Crippen LogP contribution in [0.15, 0.2) is 42.5 Å². The summed E-state index contributed by atoms with van der Waals surface area (Å²) in [4.78, 5) is 14.2. The van der Waals surface area contributed by atoms with E-state index in [9.17, 15) is 13.6 Å². The fraction of sp³-hybridized carbons (Fsp3) is 0.278. The second-order valence-electron chi connectivity index (χ2n) is 5.73. The molecule has 0 heterocycles. The van der Waals surface area contributed by atoms with E-state index in [-0.39, 0.29) is 11.7 Å². The highest BCUT2D eigenvalue weighted by Crippen LogP contribution is 2.25. The highest BCUT2D eigenvalue weighted by Gasteiger charge is 2.19. The molecule has 2 aromatic rings. The summed E-state index contributed by atoms with van der Waals surface area (Å²) >= 11 is 11.9. The van der Waals surface area contributed by atoms with Crippen molar-refractivity contribution >= 4 is 34.8 Å². The molecule has 0 saturated carbocycles. The van der Waals surface area contributed by atoms with Crippen molar-refractivity contribution in [3.05, 3.63) is 58.1 Å². The van der Waals surface area contributed by atoms with Gasteiger partial charge in [-0.05, 0) is 49.9 Å². The van der Waals surface area contributed by atoms with Gasteiger partial charge in [-0.15, -0.1) is 0 Å². The minimum absolute atomic E-state index is 0.0922. The number of likely N-dealkylation sites (N-methyl/N-ethyl adjacent to an activating group) is 1. The van der Waals surface area contributed by atoms with Gasteiger partial charge >= 0.3 is 6.61 Å². The van der Waals surface area contributed by atoms with Gasteiger partial charge in [0.2, 0.25) is 5.91 Å². The number of hydrogen-bond acceptors (Lipinski definition) is 3. The van der Waals surface area contributed by atoms with Crippen LogP contribution in [0.3, 0.4) is 0 Å². The maximum absolute atomic E-state index is 12.4. The van der Waals surface area contributed by atoms with Crippen LogP contribution in [0.25, 0.3) is 0 Å². The Morgan fingerprint density at radius 2 is 1.85 bits per heavy atom. The zero-order valence-electron chi connectivity index (χ0n) is 14.2. The van der Waals surface area contributed by atoms with E-state index in [2.05, 4.69) is 10.1 Å². The van der Waals surface area contributed by atoms with Gasteiger partial charge in [-0.3, -0.25) is 9.69 Å². The first-order valence-corrected chi connectivity index (χ1v) is 8.51. The number of carbonyl (C=O) groups excluding carboxylic acids is 1. The van der Waals surface area contributed by atoms with Crippen molar-refractivity contribution in [3.63, 3.8) is 0 Å². The number of hydrogen-bond donors (Lipinski definition) is 1. The predicted molar refractivity (Wildman–Crippen MR) is 99.1 cm³/mol. The molecule has 0 saturated heterocycles. The van der Waals surface area contributed by atoms with Crippen LogP contribution in [0.4, 0.5) is 14.5 Å². The van der Waals surface area contributed by atoms with Crippen molar-refractivity contribution in [1.29, 1.82) is 0 Å². The van der Waals surface area contributed by atoms with E-state index in [4.69, 9.17) is 23.2 Å². The number of rotatable bonds is 7. The Bertz CT molecular complexity index is 757. The molecular weight excluding hydrogens is 385 g/mol. The van der Waals surface area contributed by atoms with Crippen LogP contribution in [0, 0.1) is 0 Å². The van der Waals surface area contributed by atoms with Gasteiger partial charge in [0.25, 0.3) is 0 Å². The maximum Gasteiger partial charge on any atom is 0.387 e. The Hall–Kier alpha value is -1.89. The zero-order chi connectivity index (χ0) is 19.3. The number of alkyl halides is 2. The lowest BCUT2D eigenvalue weighted by molar-refractivity contribution is -0.120. The molecule has 140 valence electrons. The minimum Gasteiger partial charge on any atom is -0.435 e. The Morgan fingerprint density at radius 1 is 1.19 bits per heavy atom. The zero-order valence-corrected chi connectivity index (χ0v) is 15.7. The molecule has 0 aliphatic carbocycles. The van der Waals surface area contributed by atoms with Gasteiger partial charge in [-0.2, -0.15) is 8.78 Å². The van der Waals surface area contributed by atoms with Crippen molar-refractivity contribution < 1.29 is 18.3 Å². The molecule has 0 fully saturated rings. The molecule has 1 amide bonds. The molecule has 1 N–H and O–H groups in total. The van der Waals surface area contributed by atoms with Crippen molar-refractivity contribution in [2.24, 2.45) is 0 Å². The van der Waals surface area contributed by atoms with E-state index < -0.39 is 12.7 Å². The Balaban J connectivity index is 1.95. The molecule has 0 aromatic heterocycles. The van der Waals surface area contributed by atoms with Gasteiger partial charge in [-0.25, -0.2) is 0 Å². The number of anilines is 1. The van der Waals surface area contributed by atoms with Crippen LogP contribution in [-0.2, 0) is 11.3 Å². The second-order valence-corrected chi connectivity index (χ2v) is 6.57. The maximum atomic E-state index is 12.4. The normalized spacial score (nSPS) is 12.3. The van der Waals surface area contributed by atoms with Gasteiger partial charge in [0.1, 0.15) is 5.75 Å². The third kappa shape index (κ3) is 5.83. The van der Waals surface area contributed by atoms with Gasteiger partial charge in [-0.1, -0.05) is 35.3 Å².